The molecule has 3 aromatic rings. The van der Waals surface area contributed by atoms with Crippen molar-refractivity contribution in [2.75, 3.05) is 11.9 Å². The van der Waals surface area contributed by atoms with Gasteiger partial charge < -0.3 is 14.8 Å². The fraction of sp³-hybridized carbons (Fsp3) is 0.120. The predicted octanol–water partition coefficient (Wildman–Crippen LogP) is 4.69. The van der Waals surface area contributed by atoms with Crippen molar-refractivity contribution in [2.24, 2.45) is 0 Å². The molecule has 0 bridgehead atoms. The maximum Gasteiger partial charge on any atom is 0.338 e. The van der Waals surface area contributed by atoms with Crippen molar-refractivity contribution in [3.63, 3.8) is 0 Å². The van der Waals surface area contributed by atoms with Crippen molar-refractivity contribution in [3.05, 3.63) is 101 Å². The third kappa shape index (κ3) is 4.41. The number of hydrogen-bond acceptors (Lipinski definition) is 4. The zero-order valence-electron chi connectivity index (χ0n) is 16.5. The molecule has 30 heavy (non-hydrogen) atoms. The first-order valence-electron chi connectivity index (χ1n) is 9.66. The Labute approximate surface area is 175 Å². The highest BCUT2D eigenvalue weighted by atomic mass is 16.6. The molecule has 1 amide bonds. The summed E-state index contributed by atoms with van der Waals surface area (Å²) in [6, 6.07) is 23.8. The SMILES string of the molecule is Cc1ccc(NC(=O)[C@H](OC(=O)C2=Cc3ccccc3OC2)c2ccccc2)cc1. The highest BCUT2D eigenvalue weighted by Gasteiger charge is 2.28. The molecule has 1 N–H and O–H groups in total. The molecule has 0 saturated heterocycles. The molecule has 0 saturated carbocycles. The zero-order valence-corrected chi connectivity index (χ0v) is 16.5. The van der Waals surface area contributed by atoms with E-state index in [1.54, 1.807) is 30.3 Å². The van der Waals surface area contributed by atoms with Gasteiger partial charge in [0.05, 0.1) is 5.57 Å². The highest BCUT2D eigenvalue weighted by Crippen LogP contribution is 2.28. The van der Waals surface area contributed by atoms with Crippen LogP contribution in [-0.4, -0.2) is 18.5 Å². The molecule has 1 heterocycles. The lowest BCUT2D eigenvalue weighted by Gasteiger charge is -2.21. The van der Waals surface area contributed by atoms with Crippen LogP contribution in [0.5, 0.6) is 5.75 Å². The number of ether oxygens (including phenoxy) is 2. The highest BCUT2D eigenvalue weighted by molar-refractivity contribution is 6.00. The van der Waals surface area contributed by atoms with Crippen LogP contribution in [0.25, 0.3) is 6.08 Å². The second kappa shape index (κ2) is 8.66. The van der Waals surface area contributed by atoms with Crippen molar-refractivity contribution in [1.82, 2.24) is 0 Å². The van der Waals surface area contributed by atoms with Gasteiger partial charge in [-0.25, -0.2) is 4.79 Å². The van der Waals surface area contributed by atoms with Crippen LogP contribution in [0.4, 0.5) is 5.69 Å². The van der Waals surface area contributed by atoms with E-state index in [-0.39, 0.29) is 6.61 Å². The van der Waals surface area contributed by atoms with E-state index in [1.807, 2.05) is 61.5 Å². The smallest absolute Gasteiger partial charge is 0.338 e. The molecule has 150 valence electrons. The first-order chi connectivity index (χ1) is 14.6. The van der Waals surface area contributed by atoms with E-state index in [0.717, 1.165) is 11.1 Å². The number of aryl methyl sites for hydroxylation is 1. The van der Waals surface area contributed by atoms with E-state index in [0.29, 0.717) is 22.6 Å². The number of carbonyl (C=O) groups excluding carboxylic acids is 2. The second-order valence-electron chi connectivity index (χ2n) is 7.05. The number of para-hydroxylation sites is 1. The largest absolute Gasteiger partial charge is 0.488 e. The van der Waals surface area contributed by atoms with E-state index in [4.69, 9.17) is 9.47 Å². The maximum absolute atomic E-state index is 13.0. The maximum atomic E-state index is 13.0. The molecular weight excluding hydrogens is 378 g/mol. The summed E-state index contributed by atoms with van der Waals surface area (Å²) in [4.78, 5) is 25.8. The fourth-order valence-electron chi connectivity index (χ4n) is 3.16. The standard InChI is InChI=1S/C25H21NO4/c1-17-11-13-21(14-12-17)26-24(27)23(18-7-3-2-4-8-18)30-25(28)20-15-19-9-5-6-10-22(19)29-16-20/h2-15,23H,16H2,1H3,(H,26,27)/t23-/m1/s1. The van der Waals surface area contributed by atoms with Crippen LogP contribution in [0.3, 0.4) is 0 Å². The molecule has 5 heteroatoms. The van der Waals surface area contributed by atoms with Crippen LogP contribution >= 0.6 is 0 Å². The Morgan fingerprint density at radius 1 is 0.933 bits per heavy atom. The molecule has 3 aromatic carbocycles. The second-order valence-corrected chi connectivity index (χ2v) is 7.05. The Balaban J connectivity index is 1.56. The summed E-state index contributed by atoms with van der Waals surface area (Å²) in [7, 11) is 0. The van der Waals surface area contributed by atoms with Gasteiger partial charge in [-0.1, -0.05) is 66.2 Å². The van der Waals surface area contributed by atoms with Gasteiger partial charge in [0.25, 0.3) is 5.91 Å². The van der Waals surface area contributed by atoms with Crippen LogP contribution in [0.15, 0.2) is 84.4 Å². The third-order valence-electron chi connectivity index (χ3n) is 4.78. The number of nitrogens with one attached hydrogen (secondary N) is 1. The summed E-state index contributed by atoms with van der Waals surface area (Å²) in [6.45, 7) is 2.06. The number of fused-ring (bicyclic) bond motifs is 1. The lowest BCUT2D eigenvalue weighted by atomic mass is 10.1. The Morgan fingerprint density at radius 2 is 1.63 bits per heavy atom. The first kappa shape index (κ1) is 19.5. The molecule has 0 fully saturated rings. The number of amides is 1. The minimum absolute atomic E-state index is 0.0942. The van der Waals surface area contributed by atoms with Gasteiger partial charge in [-0.05, 0) is 31.2 Å². The lowest BCUT2D eigenvalue weighted by molar-refractivity contribution is -0.151. The summed E-state index contributed by atoms with van der Waals surface area (Å²) in [6.07, 6.45) is 0.652. The van der Waals surface area contributed by atoms with Gasteiger partial charge >= 0.3 is 5.97 Å². The minimum atomic E-state index is -1.09. The normalized spacial score (nSPS) is 13.3. The van der Waals surface area contributed by atoms with Gasteiger partial charge in [0.1, 0.15) is 12.4 Å². The topological polar surface area (TPSA) is 64.6 Å². The summed E-state index contributed by atoms with van der Waals surface area (Å²) in [5, 5.41) is 2.82. The fourth-order valence-corrected chi connectivity index (χ4v) is 3.16. The Kier molecular flexibility index (Phi) is 5.61. The summed E-state index contributed by atoms with van der Waals surface area (Å²) in [5.41, 5.74) is 3.47. The van der Waals surface area contributed by atoms with Crippen LogP contribution in [0, 0.1) is 6.92 Å². The molecule has 0 aromatic heterocycles. The van der Waals surface area contributed by atoms with E-state index in [1.165, 1.54) is 0 Å². The van der Waals surface area contributed by atoms with Gasteiger partial charge in [-0.15, -0.1) is 0 Å². The van der Waals surface area contributed by atoms with Crippen molar-refractivity contribution < 1.29 is 19.1 Å². The third-order valence-corrected chi connectivity index (χ3v) is 4.78. The first-order valence-corrected chi connectivity index (χ1v) is 9.66. The summed E-state index contributed by atoms with van der Waals surface area (Å²) in [5.74, 6) is -0.292. The van der Waals surface area contributed by atoms with Crippen LogP contribution < -0.4 is 10.1 Å². The number of hydrogen-bond donors (Lipinski definition) is 1. The number of anilines is 1. The van der Waals surface area contributed by atoms with Crippen molar-refractivity contribution in [1.29, 1.82) is 0 Å². The Bertz CT molecular complexity index is 1090. The molecule has 1 aliphatic rings. The van der Waals surface area contributed by atoms with Gasteiger partial charge in [-0.3, -0.25) is 4.79 Å². The quantitative estimate of drug-likeness (QED) is 0.632. The van der Waals surface area contributed by atoms with Crippen molar-refractivity contribution >= 4 is 23.6 Å². The lowest BCUT2D eigenvalue weighted by Crippen LogP contribution is -2.27. The molecule has 0 unspecified atom stereocenters. The number of esters is 1. The van der Waals surface area contributed by atoms with Crippen LogP contribution in [0.2, 0.25) is 0 Å². The molecule has 1 aliphatic heterocycles. The molecular formula is C25H21NO4. The van der Waals surface area contributed by atoms with Gasteiger partial charge in [0.15, 0.2) is 0 Å². The molecule has 0 aliphatic carbocycles. The molecule has 1 atom stereocenters. The molecule has 5 nitrogen and oxygen atoms in total. The number of rotatable bonds is 5. The molecule has 4 rings (SSSR count). The minimum Gasteiger partial charge on any atom is -0.488 e. The Morgan fingerprint density at radius 3 is 2.40 bits per heavy atom. The van der Waals surface area contributed by atoms with E-state index in [9.17, 15) is 9.59 Å². The average Bonchev–Trinajstić information content (AvgIpc) is 2.79. The Hall–Kier alpha value is -3.86. The van der Waals surface area contributed by atoms with E-state index < -0.39 is 18.0 Å². The van der Waals surface area contributed by atoms with Crippen LogP contribution in [0.1, 0.15) is 22.8 Å². The predicted molar refractivity (Wildman–Crippen MR) is 115 cm³/mol. The summed E-state index contributed by atoms with van der Waals surface area (Å²) >= 11 is 0. The van der Waals surface area contributed by atoms with E-state index >= 15 is 0 Å². The number of benzene rings is 3. The van der Waals surface area contributed by atoms with Gasteiger partial charge in [-0.2, -0.15) is 0 Å². The van der Waals surface area contributed by atoms with Gasteiger partial charge in [0, 0.05) is 16.8 Å². The van der Waals surface area contributed by atoms with Gasteiger partial charge in [0.2, 0.25) is 6.10 Å². The molecule has 0 spiro atoms. The van der Waals surface area contributed by atoms with Crippen molar-refractivity contribution in [3.8, 4) is 5.75 Å². The number of carbonyl (C=O) groups is 2. The summed E-state index contributed by atoms with van der Waals surface area (Å²) < 4.78 is 11.3. The average molecular weight is 399 g/mol. The van der Waals surface area contributed by atoms with Crippen LogP contribution in [-0.2, 0) is 14.3 Å². The van der Waals surface area contributed by atoms with Crippen molar-refractivity contribution in [2.45, 2.75) is 13.0 Å². The molecule has 0 radical (unpaired) electrons. The zero-order chi connectivity index (χ0) is 20.9. The van der Waals surface area contributed by atoms with E-state index in [2.05, 4.69) is 5.32 Å². The monoisotopic (exact) mass is 399 g/mol.